The van der Waals surface area contributed by atoms with E-state index >= 15 is 0 Å². The first-order valence-corrected chi connectivity index (χ1v) is 10.3. The lowest BCUT2D eigenvalue weighted by atomic mass is 10.0. The number of amidine groups is 1. The van der Waals surface area contributed by atoms with Crippen LogP contribution in [0.2, 0.25) is 0 Å². The van der Waals surface area contributed by atoms with Crippen LogP contribution in [0.3, 0.4) is 0 Å². The first kappa shape index (κ1) is 28.9. The van der Waals surface area contributed by atoms with Gasteiger partial charge in [-0.15, -0.1) is 5.10 Å². The molecule has 0 fully saturated rings. The van der Waals surface area contributed by atoms with E-state index in [1.54, 1.807) is 21.0 Å². The number of nitrogens with zero attached hydrogens (tertiary/aromatic N) is 2. The van der Waals surface area contributed by atoms with Gasteiger partial charge in [0.1, 0.15) is 17.8 Å². The van der Waals surface area contributed by atoms with Crippen molar-refractivity contribution in [1.29, 1.82) is 5.41 Å². The maximum Gasteiger partial charge on any atom is 0.179 e. The van der Waals surface area contributed by atoms with Crippen molar-refractivity contribution in [3.63, 3.8) is 0 Å². The summed E-state index contributed by atoms with van der Waals surface area (Å²) < 4.78 is 10.5. The highest BCUT2D eigenvalue weighted by Crippen LogP contribution is 2.26. The van der Waals surface area contributed by atoms with Crippen LogP contribution >= 0.6 is 0 Å². The van der Waals surface area contributed by atoms with Gasteiger partial charge in [0, 0.05) is 6.92 Å². The topological polar surface area (TPSA) is 136 Å². The lowest BCUT2D eigenvalue weighted by Gasteiger charge is -2.16. The van der Waals surface area contributed by atoms with E-state index < -0.39 is 6.23 Å². The minimum atomic E-state index is -0.404. The van der Waals surface area contributed by atoms with Gasteiger partial charge in [-0.1, -0.05) is 34.1 Å². The number of hydrazone groups is 1. The summed E-state index contributed by atoms with van der Waals surface area (Å²) >= 11 is 0. The molecule has 1 atom stereocenters. The van der Waals surface area contributed by atoms with Crippen molar-refractivity contribution in [2.45, 2.75) is 79.9 Å². The van der Waals surface area contributed by atoms with Crippen LogP contribution in [0.15, 0.2) is 23.3 Å². The zero-order valence-electron chi connectivity index (χ0n) is 19.3. The summed E-state index contributed by atoms with van der Waals surface area (Å²) in [6, 6.07) is 5.67. The molecule has 0 heterocycles. The van der Waals surface area contributed by atoms with Crippen molar-refractivity contribution in [2.24, 2.45) is 22.4 Å². The number of anilines is 1. The molecular weight excluding hydrogens is 368 g/mol. The number of hydrazine groups is 1. The first-order chi connectivity index (χ1) is 13.8. The highest BCUT2D eigenvalue weighted by atomic mass is 16.5. The van der Waals surface area contributed by atoms with Crippen molar-refractivity contribution >= 4 is 17.4 Å². The third kappa shape index (κ3) is 13.5. The van der Waals surface area contributed by atoms with Crippen LogP contribution in [0.25, 0.3) is 0 Å². The van der Waals surface area contributed by atoms with Gasteiger partial charge in [0.25, 0.3) is 0 Å². The van der Waals surface area contributed by atoms with Crippen molar-refractivity contribution in [1.82, 2.24) is 0 Å². The fraction of sp³-hybridized carbons (Fsp3) is 0.619. The fourth-order valence-electron chi connectivity index (χ4n) is 2.45. The summed E-state index contributed by atoms with van der Waals surface area (Å²) in [5.41, 5.74) is 13.2. The van der Waals surface area contributed by atoms with Gasteiger partial charge in [0.05, 0.1) is 12.8 Å². The maximum absolute atomic E-state index is 7.25. The second-order valence-electron chi connectivity index (χ2n) is 5.89. The summed E-state index contributed by atoms with van der Waals surface area (Å²) in [5, 5.41) is 12.5. The lowest BCUT2D eigenvalue weighted by Crippen LogP contribution is -2.27. The van der Waals surface area contributed by atoms with E-state index in [9.17, 15) is 0 Å². The van der Waals surface area contributed by atoms with Crippen molar-refractivity contribution < 1.29 is 9.47 Å². The highest BCUT2D eigenvalue weighted by molar-refractivity contribution is 5.78. The van der Waals surface area contributed by atoms with E-state index in [4.69, 9.17) is 32.2 Å². The van der Waals surface area contributed by atoms with Crippen LogP contribution in [0.5, 0.6) is 5.75 Å². The molecule has 0 saturated heterocycles. The molecular formula is C21H42N6O2. The van der Waals surface area contributed by atoms with Crippen LogP contribution in [0, 0.1) is 5.41 Å². The van der Waals surface area contributed by atoms with E-state index in [2.05, 4.69) is 5.10 Å². The lowest BCUT2D eigenvalue weighted by molar-refractivity contribution is 0.178. The summed E-state index contributed by atoms with van der Waals surface area (Å²) in [5.74, 6) is 7.25. The van der Waals surface area contributed by atoms with Crippen molar-refractivity contribution in [2.75, 3.05) is 12.2 Å². The van der Waals surface area contributed by atoms with Gasteiger partial charge in [-0.25, -0.2) is 5.84 Å². The molecule has 8 nitrogen and oxygen atoms in total. The molecule has 1 rings (SSSR count). The number of benzene rings is 1. The number of unbranched alkanes of at least 4 members (excludes halogenated alkanes) is 2. The Kier molecular flexibility index (Phi) is 17.7. The molecule has 8 heteroatoms. The molecule has 0 radical (unpaired) electrons. The highest BCUT2D eigenvalue weighted by Gasteiger charge is 2.08. The standard InChI is InChI=1S/C17H30N6O2.2C2H6/c1-12(18)22-23(21)15-9-10-16(24-3)14(11-15)7-5-4-6-8-17(20)25-13(2)19;2*1-2/h9-11,17,19H,4-8,20-21H2,1-3H3,(H2,18,22);2*1-2H3. The molecule has 1 unspecified atom stereocenters. The normalized spacial score (nSPS) is 11.3. The summed E-state index contributed by atoms with van der Waals surface area (Å²) in [6.45, 7) is 11.3. The molecule has 0 aromatic heterocycles. The zero-order chi connectivity index (χ0) is 22.8. The molecule has 1 aromatic carbocycles. The largest absolute Gasteiger partial charge is 0.496 e. The Balaban J connectivity index is 0. The number of hydrogen-bond acceptors (Lipinski definition) is 7. The number of aryl methyl sites for hydroxylation is 1. The Morgan fingerprint density at radius 1 is 1.14 bits per heavy atom. The van der Waals surface area contributed by atoms with Crippen molar-refractivity contribution in [3.8, 4) is 5.75 Å². The first-order valence-electron chi connectivity index (χ1n) is 10.3. The molecule has 0 aliphatic heterocycles. The Bertz CT molecular complexity index is 589. The van der Waals surface area contributed by atoms with Crippen LogP contribution < -0.4 is 27.2 Å². The minimum absolute atomic E-state index is 0.149. The molecule has 0 amide bonds. The van der Waals surface area contributed by atoms with Gasteiger partial charge in [-0.2, -0.15) is 5.12 Å². The van der Waals surface area contributed by atoms with Gasteiger partial charge in [0.15, 0.2) is 5.90 Å². The van der Waals surface area contributed by atoms with E-state index in [0.717, 1.165) is 49.1 Å². The predicted octanol–water partition coefficient (Wildman–Crippen LogP) is 4.12. The molecule has 7 N–H and O–H groups in total. The van der Waals surface area contributed by atoms with E-state index in [-0.39, 0.29) is 5.90 Å². The third-order valence-electron chi connectivity index (χ3n) is 3.56. The Labute approximate surface area is 176 Å². The van der Waals surface area contributed by atoms with Gasteiger partial charge < -0.3 is 15.2 Å². The Morgan fingerprint density at radius 3 is 2.28 bits per heavy atom. The monoisotopic (exact) mass is 410 g/mol. The van der Waals surface area contributed by atoms with Crippen molar-refractivity contribution in [3.05, 3.63) is 23.8 Å². The van der Waals surface area contributed by atoms with Gasteiger partial charge in [0.2, 0.25) is 0 Å². The zero-order valence-corrected chi connectivity index (χ0v) is 19.3. The van der Waals surface area contributed by atoms with E-state index in [1.165, 1.54) is 5.12 Å². The second-order valence-corrected chi connectivity index (χ2v) is 5.89. The number of hydrogen-bond donors (Lipinski definition) is 4. The average Bonchev–Trinajstić information content (AvgIpc) is 2.69. The number of rotatable bonds is 10. The maximum atomic E-state index is 7.25. The molecule has 0 saturated carbocycles. The fourth-order valence-corrected chi connectivity index (χ4v) is 2.45. The van der Waals surface area contributed by atoms with E-state index in [0.29, 0.717) is 5.84 Å². The number of nitrogens with two attached hydrogens (primary N) is 3. The van der Waals surface area contributed by atoms with Gasteiger partial charge in [-0.3, -0.25) is 11.1 Å². The van der Waals surface area contributed by atoms with Crippen LogP contribution in [0.4, 0.5) is 5.69 Å². The van der Waals surface area contributed by atoms with Crippen LogP contribution in [0.1, 0.15) is 72.8 Å². The summed E-state index contributed by atoms with van der Waals surface area (Å²) in [4.78, 5) is 0. The van der Waals surface area contributed by atoms with Crippen LogP contribution in [-0.2, 0) is 11.2 Å². The molecule has 0 spiro atoms. The minimum Gasteiger partial charge on any atom is -0.496 e. The Morgan fingerprint density at radius 2 is 1.76 bits per heavy atom. The number of methoxy groups -OCH3 is 1. The molecule has 0 aliphatic carbocycles. The SMILES string of the molecule is CC.CC.COc1ccc(N(N)/N=C(/C)N)cc1CCCCCC(N)OC(C)=N. The summed E-state index contributed by atoms with van der Waals surface area (Å²) in [7, 11) is 1.65. The number of nitrogens with one attached hydrogen (secondary N) is 1. The number of ether oxygens (including phenoxy) is 2. The summed E-state index contributed by atoms with van der Waals surface area (Å²) in [6.07, 6.45) is 4.12. The third-order valence-corrected chi connectivity index (χ3v) is 3.56. The Hall–Kier alpha value is -2.32. The molecule has 0 aliphatic rings. The van der Waals surface area contributed by atoms with Crippen LogP contribution in [-0.4, -0.2) is 25.1 Å². The predicted molar refractivity (Wildman–Crippen MR) is 124 cm³/mol. The van der Waals surface area contributed by atoms with E-state index in [1.807, 2.05) is 45.9 Å². The second kappa shape index (κ2) is 17.8. The average molecular weight is 411 g/mol. The quantitative estimate of drug-likeness (QED) is 0.114. The molecule has 1 aromatic rings. The smallest absolute Gasteiger partial charge is 0.179 e. The molecule has 29 heavy (non-hydrogen) atoms. The molecule has 168 valence electrons. The van der Waals surface area contributed by atoms with Gasteiger partial charge >= 0.3 is 0 Å². The van der Waals surface area contributed by atoms with Gasteiger partial charge in [-0.05, 0) is 56.4 Å². The molecule has 0 bridgehead atoms.